The molecule has 3 aromatic carbocycles. The Bertz CT molecular complexity index is 1530. The Morgan fingerprint density at radius 1 is 1.00 bits per heavy atom. The number of hydrogen-bond acceptors (Lipinski definition) is 4. The van der Waals surface area contributed by atoms with Gasteiger partial charge in [-0.2, -0.15) is 5.10 Å². The predicted octanol–water partition coefficient (Wildman–Crippen LogP) is 6.16. The first-order chi connectivity index (χ1) is 18.7. The lowest BCUT2D eigenvalue weighted by atomic mass is 9.96. The van der Waals surface area contributed by atoms with Gasteiger partial charge in [-0.25, -0.2) is 4.68 Å². The Kier molecular flexibility index (Phi) is 7.62. The maximum atomic E-state index is 13.8. The number of nitrogens with one attached hydrogen (secondary N) is 1. The lowest BCUT2D eigenvalue weighted by Crippen LogP contribution is -2.44. The fraction of sp³-hybridized carbons (Fsp3) is 0.281. The van der Waals surface area contributed by atoms with E-state index in [1.807, 2.05) is 54.9 Å². The van der Waals surface area contributed by atoms with Crippen LogP contribution in [0.1, 0.15) is 46.9 Å². The van der Waals surface area contributed by atoms with Crippen LogP contribution in [0, 0.1) is 20.8 Å². The highest BCUT2D eigenvalue weighted by atomic mass is 32.2. The van der Waals surface area contributed by atoms with Crippen molar-refractivity contribution in [2.45, 2.75) is 45.9 Å². The van der Waals surface area contributed by atoms with Crippen molar-refractivity contribution in [1.29, 1.82) is 0 Å². The largest absolute Gasteiger partial charge is 0.352 e. The van der Waals surface area contributed by atoms with Gasteiger partial charge in [0.25, 0.3) is 0 Å². The normalized spacial score (nSPS) is 15.3. The average molecular weight is 539 g/mol. The number of hydrogen-bond donors (Lipinski definition) is 1. The summed E-state index contributed by atoms with van der Waals surface area (Å²) in [5.74, 6) is 0.604. The zero-order chi connectivity index (χ0) is 27.7. The van der Waals surface area contributed by atoms with E-state index in [0.29, 0.717) is 5.82 Å². The Balaban J connectivity index is 1.84. The fourth-order valence-corrected chi connectivity index (χ4v) is 6.47. The van der Waals surface area contributed by atoms with Gasteiger partial charge in [-0.3, -0.25) is 14.5 Å². The van der Waals surface area contributed by atoms with Crippen molar-refractivity contribution in [3.8, 4) is 16.9 Å². The molecule has 0 aliphatic carbocycles. The molecule has 1 aliphatic heterocycles. The van der Waals surface area contributed by atoms with Crippen LogP contribution in [0.5, 0.6) is 0 Å². The molecule has 1 aromatic heterocycles. The number of aromatic nitrogens is 2. The van der Waals surface area contributed by atoms with E-state index in [-0.39, 0.29) is 35.4 Å². The molecule has 200 valence electrons. The van der Waals surface area contributed by atoms with Gasteiger partial charge in [0.05, 0.1) is 22.4 Å². The summed E-state index contributed by atoms with van der Waals surface area (Å²) in [6, 6.07) is 24.6. The lowest BCUT2D eigenvalue weighted by molar-refractivity contribution is -0.123. The molecular formula is C32H34N4O2S. The summed E-state index contributed by atoms with van der Waals surface area (Å²) in [6.07, 6.45) is 0. The van der Waals surface area contributed by atoms with E-state index in [1.54, 1.807) is 16.7 Å². The first-order valence-corrected chi connectivity index (χ1v) is 14.3. The van der Waals surface area contributed by atoms with Crippen molar-refractivity contribution in [2.24, 2.45) is 0 Å². The molecule has 0 radical (unpaired) electrons. The van der Waals surface area contributed by atoms with E-state index >= 15 is 0 Å². The highest BCUT2D eigenvalue weighted by Crippen LogP contribution is 2.49. The lowest BCUT2D eigenvalue weighted by Gasteiger charge is -2.24. The van der Waals surface area contributed by atoms with Crippen LogP contribution in [0.4, 0.5) is 5.82 Å². The van der Waals surface area contributed by atoms with Gasteiger partial charge in [0, 0.05) is 17.2 Å². The Morgan fingerprint density at radius 3 is 2.41 bits per heavy atom. The van der Waals surface area contributed by atoms with Gasteiger partial charge < -0.3 is 5.32 Å². The molecule has 7 heteroatoms. The van der Waals surface area contributed by atoms with Crippen LogP contribution >= 0.6 is 11.8 Å². The van der Waals surface area contributed by atoms with Crippen molar-refractivity contribution >= 4 is 29.4 Å². The number of amides is 2. The van der Waals surface area contributed by atoms with Crippen LogP contribution in [0.15, 0.2) is 72.8 Å². The minimum atomic E-state index is -0.196. The second kappa shape index (κ2) is 11.1. The quantitative estimate of drug-likeness (QED) is 0.319. The molecule has 0 spiro atoms. The van der Waals surface area contributed by atoms with E-state index in [9.17, 15) is 9.59 Å². The Morgan fingerprint density at radius 2 is 1.72 bits per heavy atom. The van der Waals surface area contributed by atoms with Crippen LogP contribution in [-0.4, -0.2) is 39.9 Å². The summed E-state index contributed by atoms with van der Waals surface area (Å²) < 4.78 is 1.88. The third-order valence-electron chi connectivity index (χ3n) is 6.94. The van der Waals surface area contributed by atoms with E-state index in [4.69, 9.17) is 5.10 Å². The summed E-state index contributed by atoms with van der Waals surface area (Å²) in [7, 11) is 0. The van der Waals surface area contributed by atoms with Crippen LogP contribution in [0.3, 0.4) is 0 Å². The second-order valence-electron chi connectivity index (χ2n) is 10.4. The van der Waals surface area contributed by atoms with Crippen molar-refractivity contribution in [3.63, 3.8) is 0 Å². The minimum absolute atomic E-state index is 0.0303. The molecule has 0 unspecified atom stereocenters. The first kappa shape index (κ1) is 26.8. The number of thioether (sulfide) groups is 1. The van der Waals surface area contributed by atoms with Gasteiger partial charge in [0.1, 0.15) is 12.4 Å². The molecule has 5 rings (SSSR count). The van der Waals surface area contributed by atoms with Gasteiger partial charge >= 0.3 is 0 Å². The fourth-order valence-electron chi connectivity index (χ4n) is 5.18. The Labute approximate surface area is 234 Å². The van der Waals surface area contributed by atoms with Gasteiger partial charge in [-0.15, -0.1) is 11.8 Å². The van der Waals surface area contributed by atoms with Gasteiger partial charge in [-0.1, -0.05) is 72.3 Å². The number of carbonyl (C=O) groups excluding carboxylic acids is 2. The molecule has 1 N–H and O–H groups in total. The van der Waals surface area contributed by atoms with Crippen molar-refractivity contribution in [3.05, 3.63) is 101 Å². The van der Waals surface area contributed by atoms with Crippen LogP contribution in [0.25, 0.3) is 16.9 Å². The summed E-state index contributed by atoms with van der Waals surface area (Å²) in [5, 5.41) is 8.02. The number of fused-ring (bicyclic) bond motifs is 1. The van der Waals surface area contributed by atoms with Gasteiger partial charge in [-0.05, 0) is 57.4 Å². The molecule has 0 bridgehead atoms. The first-order valence-electron chi connectivity index (χ1n) is 13.3. The summed E-state index contributed by atoms with van der Waals surface area (Å²) in [6.45, 7) is 9.99. The molecule has 1 aliphatic rings. The number of aryl methyl sites for hydroxylation is 3. The SMILES string of the molecule is Cc1ccc(-n2nc(-c3ccccc3)c3c2N(CC(=O)NC(C)C)C(=O)CS[C@@H]3c2ccccc2C)c(C)c1. The standard InChI is InChI=1S/C32H34N4O2S/c1-20(2)33-27(37)18-35-28(38)19-39-31(25-14-10-9-11-22(25)4)29-30(24-12-7-6-8-13-24)34-36(32(29)35)26-16-15-21(3)17-23(26)5/h6-17,20,31H,18-19H2,1-5H3,(H,33,37)/t31-/m1/s1. The smallest absolute Gasteiger partial charge is 0.240 e. The summed E-state index contributed by atoms with van der Waals surface area (Å²) >= 11 is 1.59. The molecule has 0 saturated carbocycles. The Hall–Kier alpha value is -3.84. The van der Waals surface area contributed by atoms with E-state index in [0.717, 1.165) is 44.8 Å². The number of benzene rings is 3. The van der Waals surface area contributed by atoms with E-state index < -0.39 is 0 Å². The number of nitrogens with zero attached hydrogens (tertiary/aromatic N) is 3. The maximum Gasteiger partial charge on any atom is 0.240 e. The van der Waals surface area contributed by atoms with Crippen molar-refractivity contribution in [2.75, 3.05) is 17.2 Å². The topological polar surface area (TPSA) is 67.2 Å². The molecule has 0 fully saturated rings. The van der Waals surface area contributed by atoms with Crippen molar-refractivity contribution < 1.29 is 9.59 Å². The van der Waals surface area contributed by atoms with E-state index in [1.165, 1.54) is 0 Å². The third kappa shape index (κ3) is 5.36. The van der Waals surface area contributed by atoms with Crippen LogP contribution < -0.4 is 10.2 Å². The highest BCUT2D eigenvalue weighted by molar-refractivity contribution is 8.00. The number of rotatable bonds is 6. The van der Waals surface area contributed by atoms with E-state index in [2.05, 4.69) is 62.5 Å². The highest BCUT2D eigenvalue weighted by Gasteiger charge is 2.38. The molecule has 2 amide bonds. The molecule has 6 nitrogen and oxygen atoms in total. The molecule has 4 aromatic rings. The molecular weight excluding hydrogens is 504 g/mol. The number of carbonyl (C=O) groups is 2. The average Bonchev–Trinajstić information content (AvgIpc) is 3.21. The third-order valence-corrected chi connectivity index (χ3v) is 8.18. The van der Waals surface area contributed by atoms with Gasteiger partial charge in [0.2, 0.25) is 11.8 Å². The summed E-state index contributed by atoms with van der Waals surface area (Å²) in [4.78, 5) is 28.5. The molecule has 1 atom stereocenters. The van der Waals surface area contributed by atoms with Crippen LogP contribution in [0.2, 0.25) is 0 Å². The zero-order valence-corrected chi connectivity index (χ0v) is 23.9. The second-order valence-corrected chi connectivity index (χ2v) is 11.5. The predicted molar refractivity (Wildman–Crippen MR) is 160 cm³/mol. The van der Waals surface area contributed by atoms with Crippen LogP contribution in [-0.2, 0) is 9.59 Å². The van der Waals surface area contributed by atoms with Gasteiger partial charge in [0.15, 0.2) is 0 Å². The summed E-state index contributed by atoms with van der Waals surface area (Å²) in [5.41, 5.74) is 8.10. The zero-order valence-electron chi connectivity index (χ0n) is 23.1. The monoisotopic (exact) mass is 538 g/mol. The molecule has 2 heterocycles. The molecule has 0 saturated heterocycles. The van der Waals surface area contributed by atoms with Crippen molar-refractivity contribution in [1.82, 2.24) is 15.1 Å². The maximum absolute atomic E-state index is 13.8. The molecule has 39 heavy (non-hydrogen) atoms. The number of anilines is 1. The minimum Gasteiger partial charge on any atom is -0.352 e.